The van der Waals surface area contributed by atoms with E-state index in [-0.39, 0.29) is 11.2 Å². The van der Waals surface area contributed by atoms with Crippen LogP contribution in [0.3, 0.4) is 0 Å². The number of fused-ring (bicyclic) bond motifs is 1. The Balaban J connectivity index is 1.85. The predicted octanol–water partition coefficient (Wildman–Crippen LogP) is 3.97. The summed E-state index contributed by atoms with van der Waals surface area (Å²) >= 11 is 1.11. The number of carbonyl (C=O) groups is 1. The molecule has 30 heavy (non-hydrogen) atoms. The number of carbonyl (C=O) groups excluding carboxylic acids is 1. The number of halogens is 1. The molecule has 0 fully saturated rings. The van der Waals surface area contributed by atoms with Gasteiger partial charge in [-0.2, -0.15) is 4.39 Å². The van der Waals surface area contributed by atoms with Gasteiger partial charge >= 0.3 is 5.69 Å². The van der Waals surface area contributed by atoms with Gasteiger partial charge in [0.1, 0.15) is 0 Å². The number of amides is 1. The van der Waals surface area contributed by atoms with Gasteiger partial charge in [-0.3, -0.25) is 24.3 Å². The summed E-state index contributed by atoms with van der Waals surface area (Å²) in [6, 6.07) is 10.1. The lowest BCUT2D eigenvalue weighted by atomic mass is 10.2. The molecule has 10 heteroatoms. The number of nitro benzene ring substituents is 1. The second-order valence-corrected chi connectivity index (χ2v) is 7.85. The maximum atomic E-state index is 13.5. The number of para-hydroxylation sites is 1. The maximum absolute atomic E-state index is 13.5. The number of thioether (sulfide) groups is 1. The van der Waals surface area contributed by atoms with Gasteiger partial charge in [0.25, 0.3) is 5.56 Å². The van der Waals surface area contributed by atoms with Crippen LogP contribution in [0.15, 0.2) is 52.4 Å². The van der Waals surface area contributed by atoms with Gasteiger partial charge in [-0.15, -0.1) is 0 Å². The zero-order chi connectivity index (χ0) is 21.8. The molecule has 0 spiro atoms. The molecule has 3 aromatic rings. The van der Waals surface area contributed by atoms with E-state index in [1.165, 1.54) is 6.07 Å². The van der Waals surface area contributed by atoms with Crippen molar-refractivity contribution < 1.29 is 14.1 Å². The molecule has 1 unspecified atom stereocenters. The molecular formula is C20H19FN4O4S. The Kier molecular flexibility index (Phi) is 6.46. The summed E-state index contributed by atoms with van der Waals surface area (Å²) in [5.74, 6) is -1.43. The van der Waals surface area contributed by atoms with E-state index in [1.54, 1.807) is 35.8 Å². The minimum atomic E-state index is -0.982. The maximum Gasteiger partial charge on any atom is 0.306 e. The Hall–Kier alpha value is -3.27. The summed E-state index contributed by atoms with van der Waals surface area (Å²) in [7, 11) is 0. The third-order valence-electron chi connectivity index (χ3n) is 4.34. The molecule has 0 aliphatic heterocycles. The van der Waals surface area contributed by atoms with Crippen LogP contribution in [0.2, 0.25) is 0 Å². The summed E-state index contributed by atoms with van der Waals surface area (Å²) in [6.07, 6.45) is 0.716. The quantitative estimate of drug-likeness (QED) is 0.263. The average molecular weight is 430 g/mol. The van der Waals surface area contributed by atoms with Crippen LogP contribution >= 0.6 is 11.8 Å². The molecule has 1 aromatic heterocycles. The number of nitrogens with one attached hydrogen (secondary N) is 1. The molecule has 1 atom stereocenters. The van der Waals surface area contributed by atoms with E-state index in [4.69, 9.17) is 0 Å². The lowest BCUT2D eigenvalue weighted by Crippen LogP contribution is -2.27. The standard InChI is InChI=1S/C20H19FN4O4S/c1-3-10-24-19(27)14-6-4-5-7-16(14)23-20(24)30-12(2)18(26)22-13-8-9-15(21)17(11-13)25(28)29/h4-9,11-12H,3,10H2,1-2H3,(H,22,26). The third-order valence-corrected chi connectivity index (χ3v) is 5.43. The number of benzene rings is 2. The molecule has 0 saturated heterocycles. The van der Waals surface area contributed by atoms with Crippen molar-refractivity contribution in [2.75, 3.05) is 5.32 Å². The van der Waals surface area contributed by atoms with E-state index in [2.05, 4.69) is 10.3 Å². The zero-order valence-corrected chi connectivity index (χ0v) is 17.1. The van der Waals surface area contributed by atoms with Crippen LogP contribution in [-0.4, -0.2) is 25.6 Å². The van der Waals surface area contributed by atoms with Crippen molar-refractivity contribution in [3.63, 3.8) is 0 Å². The van der Waals surface area contributed by atoms with Crippen LogP contribution in [0.4, 0.5) is 15.8 Å². The van der Waals surface area contributed by atoms with Crippen molar-refractivity contribution in [2.24, 2.45) is 0 Å². The van der Waals surface area contributed by atoms with E-state index in [0.29, 0.717) is 29.0 Å². The highest BCUT2D eigenvalue weighted by atomic mass is 32.2. The Labute approximate surface area is 175 Å². The molecule has 0 saturated carbocycles. The first-order valence-corrected chi connectivity index (χ1v) is 10.1. The highest BCUT2D eigenvalue weighted by Gasteiger charge is 2.21. The fraction of sp³-hybridized carbons (Fsp3) is 0.250. The summed E-state index contributed by atoms with van der Waals surface area (Å²) in [5.41, 5.74) is -0.245. The number of hydrogen-bond acceptors (Lipinski definition) is 6. The average Bonchev–Trinajstić information content (AvgIpc) is 2.72. The summed E-state index contributed by atoms with van der Waals surface area (Å²) in [4.78, 5) is 40.0. The van der Waals surface area contributed by atoms with E-state index in [1.807, 2.05) is 6.92 Å². The predicted molar refractivity (Wildman–Crippen MR) is 113 cm³/mol. The second-order valence-electron chi connectivity index (χ2n) is 6.54. The molecule has 156 valence electrons. The van der Waals surface area contributed by atoms with Crippen molar-refractivity contribution in [2.45, 2.75) is 37.2 Å². The SMILES string of the molecule is CCCn1c(SC(C)C(=O)Nc2ccc(F)c([N+](=O)[O-])c2)nc2ccccc2c1=O. The Morgan fingerprint density at radius 1 is 1.33 bits per heavy atom. The molecule has 1 amide bonds. The molecular weight excluding hydrogens is 411 g/mol. The van der Waals surface area contributed by atoms with Crippen LogP contribution < -0.4 is 10.9 Å². The Bertz CT molecular complexity index is 1180. The third kappa shape index (κ3) is 4.48. The summed E-state index contributed by atoms with van der Waals surface area (Å²) in [6.45, 7) is 4.03. The molecule has 0 bridgehead atoms. The van der Waals surface area contributed by atoms with E-state index < -0.39 is 27.6 Å². The fourth-order valence-electron chi connectivity index (χ4n) is 2.84. The minimum Gasteiger partial charge on any atom is -0.325 e. The van der Waals surface area contributed by atoms with Crippen LogP contribution in [0, 0.1) is 15.9 Å². The number of nitrogens with zero attached hydrogens (tertiary/aromatic N) is 3. The lowest BCUT2D eigenvalue weighted by molar-refractivity contribution is -0.387. The van der Waals surface area contributed by atoms with E-state index >= 15 is 0 Å². The van der Waals surface area contributed by atoms with Gasteiger partial charge < -0.3 is 5.32 Å². The first-order valence-electron chi connectivity index (χ1n) is 9.22. The highest BCUT2D eigenvalue weighted by Crippen LogP contribution is 2.25. The Morgan fingerprint density at radius 2 is 2.07 bits per heavy atom. The van der Waals surface area contributed by atoms with Gasteiger partial charge in [-0.1, -0.05) is 30.8 Å². The van der Waals surface area contributed by atoms with E-state index in [0.717, 1.165) is 23.9 Å². The largest absolute Gasteiger partial charge is 0.325 e. The molecule has 1 heterocycles. The molecule has 0 radical (unpaired) electrons. The van der Waals surface area contributed by atoms with Crippen molar-refractivity contribution in [3.8, 4) is 0 Å². The monoisotopic (exact) mass is 430 g/mol. The molecule has 2 aromatic carbocycles. The number of rotatable bonds is 7. The van der Waals surface area contributed by atoms with Crippen LogP contribution in [-0.2, 0) is 11.3 Å². The molecule has 0 aliphatic rings. The molecule has 8 nitrogen and oxygen atoms in total. The van der Waals surface area contributed by atoms with Crippen molar-refractivity contribution in [3.05, 3.63) is 68.7 Å². The topological polar surface area (TPSA) is 107 Å². The van der Waals surface area contributed by atoms with Crippen LogP contribution in [0.5, 0.6) is 0 Å². The van der Waals surface area contributed by atoms with E-state index in [9.17, 15) is 24.1 Å². The molecule has 0 aliphatic carbocycles. The van der Waals surface area contributed by atoms with Crippen molar-refractivity contribution in [1.82, 2.24) is 9.55 Å². The van der Waals surface area contributed by atoms with Gasteiger partial charge in [0.2, 0.25) is 11.7 Å². The van der Waals surface area contributed by atoms with Crippen molar-refractivity contribution >= 4 is 39.9 Å². The Morgan fingerprint density at radius 3 is 2.77 bits per heavy atom. The van der Waals surface area contributed by atoms with Crippen LogP contribution in [0.25, 0.3) is 10.9 Å². The first-order chi connectivity index (χ1) is 14.3. The lowest BCUT2D eigenvalue weighted by Gasteiger charge is -2.16. The normalized spacial score (nSPS) is 12.0. The number of nitro groups is 1. The number of aromatic nitrogens is 2. The van der Waals surface area contributed by atoms with Crippen molar-refractivity contribution in [1.29, 1.82) is 0 Å². The van der Waals surface area contributed by atoms with Gasteiger partial charge in [-0.25, -0.2) is 4.98 Å². The number of hydrogen-bond donors (Lipinski definition) is 1. The van der Waals surface area contributed by atoms with Gasteiger partial charge in [0.15, 0.2) is 5.16 Å². The van der Waals surface area contributed by atoms with Gasteiger partial charge in [0.05, 0.1) is 21.1 Å². The summed E-state index contributed by atoms with van der Waals surface area (Å²) in [5, 5.41) is 13.7. The molecule has 1 N–H and O–H groups in total. The van der Waals surface area contributed by atoms with Gasteiger partial charge in [-0.05, 0) is 37.6 Å². The first kappa shape index (κ1) is 21.4. The number of anilines is 1. The highest BCUT2D eigenvalue weighted by molar-refractivity contribution is 8.00. The van der Waals surface area contributed by atoms with Crippen LogP contribution in [0.1, 0.15) is 20.3 Å². The minimum absolute atomic E-state index is 0.109. The summed E-state index contributed by atoms with van der Waals surface area (Å²) < 4.78 is 15.0. The second kappa shape index (κ2) is 9.04. The smallest absolute Gasteiger partial charge is 0.306 e. The van der Waals surface area contributed by atoms with Gasteiger partial charge in [0, 0.05) is 18.3 Å². The zero-order valence-electron chi connectivity index (χ0n) is 16.3. The molecule has 3 rings (SSSR count). The fourth-order valence-corrected chi connectivity index (χ4v) is 3.78.